The van der Waals surface area contributed by atoms with Crippen molar-refractivity contribution < 1.29 is 14.2 Å². The van der Waals surface area contributed by atoms with Crippen LogP contribution in [0.4, 0.5) is 10.1 Å². The van der Waals surface area contributed by atoms with Gasteiger partial charge in [0.15, 0.2) is 5.65 Å². The van der Waals surface area contributed by atoms with Crippen LogP contribution in [-0.2, 0) is 0 Å². The number of rotatable bonds is 10. The fourth-order valence-corrected chi connectivity index (χ4v) is 4.84. The standard InChI is InChI=1S/C32H33FN8O2/c1-18(2)32(42)37-23-8-20(13-34-15-23)21-10-26-30(39-40-31(26)36-14-21)28-12-25-27(16-35-17-29(25)38-28)19-7-22(33)11-24(9-19)43-6-5-41(3)4/h7-18,32,37-38,42H,5-6H2,1-4H3,(H,36,39,40). The maximum atomic E-state index is 14.6. The SMILES string of the molecule is CC(C)C(O)Nc1cncc(-c2cnc3[nH]nc(-c4cc5c(-c6cc(F)cc(OCCN(C)C)c6)cncc5[nH]4)c3c2)c1. The molecule has 0 spiro atoms. The number of aliphatic hydroxyl groups excluding tert-OH is 1. The summed E-state index contributed by atoms with van der Waals surface area (Å²) in [6.07, 6.45) is 7.98. The Labute approximate surface area is 248 Å². The minimum atomic E-state index is -0.686. The van der Waals surface area contributed by atoms with E-state index in [1.54, 1.807) is 31.0 Å². The number of likely N-dealkylation sites (N-methyl/N-ethyl adjacent to an activating group) is 1. The van der Waals surface area contributed by atoms with Gasteiger partial charge in [0.2, 0.25) is 0 Å². The predicted molar refractivity (Wildman–Crippen MR) is 166 cm³/mol. The predicted octanol–water partition coefficient (Wildman–Crippen LogP) is 5.70. The molecule has 11 heteroatoms. The van der Waals surface area contributed by atoms with Crippen molar-refractivity contribution in [3.63, 3.8) is 0 Å². The van der Waals surface area contributed by atoms with Gasteiger partial charge in [-0.25, -0.2) is 9.37 Å². The summed E-state index contributed by atoms with van der Waals surface area (Å²) in [5, 5.41) is 22.6. The second-order valence-electron chi connectivity index (χ2n) is 11.1. The van der Waals surface area contributed by atoms with Gasteiger partial charge in [-0.1, -0.05) is 13.8 Å². The van der Waals surface area contributed by atoms with Crippen LogP contribution in [0.25, 0.3) is 55.6 Å². The largest absolute Gasteiger partial charge is 0.492 e. The molecular weight excluding hydrogens is 547 g/mol. The third-order valence-corrected chi connectivity index (χ3v) is 7.22. The first kappa shape index (κ1) is 28.3. The molecule has 0 aliphatic heterocycles. The second kappa shape index (κ2) is 11.8. The molecule has 0 fully saturated rings. The first-order valence-corrected chi connectivity index (χ1v) is 14.0. The molecule has 0 amide bonds. The first-order chi connectivity index (χ1) is 20.7. The molecule has 0 radical (unpaired) electrons. The summed E-state index contributed by atoms with van der Waals surface area (Å²) in [5.74, 6) is 0.134. The van der Waals surface area contributed by atoms with Gasteiger partial charge < -0.3 is 25.0 Å². The molecule has 43 heavy (non-hydrogen) atoms. The molecule has 0 aliphatic rings. The average molecular weight is 581 g/mol. The Morgan fingerprint density at radius 3 is 2.56 bits per heavy atom. The van der Waals surface area contributed by atoms with E-state index in [-0.39, 0.29) is 11.7 Å². The number of aliphatic hydroxyl groups is 1. The van der Waals surface area contributed by atoms with E-state index >= 15 is 0 Å². The van der Waals surface area contributed by atoms with E-state index in [0.717, 1.165) is 45.2 Å². The molecule has 220 valence electrons. The first-order valence-electron chi connectivity index (χ1n) is 14.0. The molecule has 0 bridgehead atoms. The van der Waals surface area contributed by atoms with E-state index in [4.69, 9.17) is 4.74 Å². The number of anilines is 1. The second-order valence-corrected chi connectivity index (χ2v) is 11.1. The number of fused-ring (bicyclic) bond motifs is 2. The van der Waals surface area contributed by atoms with Crippen molar-refractivity contribution in [3.8, 4) is 39.4 Å². The van der Waals surface area contributed by atoms with E-state index in [1.165, 1.54) is 12.1 Å². The van der Waals surface area contributed by atoms with Crippen LogP contribution >= 0.6 is 0 Å². The molecule has 5 aromatic heterocycles. The number of H-pyrrole nitrogens is 2. The Balaban J connectivity index is 1.35. The van der Waals surface area contributed by atoms with E-state index in [1.807, 2.05) is 57.1 Å². The van der Waals surface area contributed by atoms with Crippen LogP contribution in [0.1, 0.15) is 13.8 Å². The van der Waals surface area contributed by atoms with Gasteiger partial charge >= 0.3 is 0 Å². The van der Waals surface area contributed by atoms with Gasteiger partial charge in [0, 0.05) is 58.7 Å². The number of benzene rings is 1. The number of pyridine rings is 3. The van der Waals surface area contributed by atoms with Crippen molar-refractivity contribution in [2.75, 3.05) is 32.6 Å². The summed E-state index contributed by atoms with van der Waals surface area (Å²) in [5.41, 5.74) is 6.74. The van der Waals surface area contributed by atoms with Gasteiger partial charge in [-0.3, -0.25) is 15.1 Å². The number of ether oxygens (including phenoxy) is 1. The van der Waals surface area contributed by atoms with Gasteiger partial charge in [0.25, 0.3) is 0 Å². The number of halogens is 1. The fourth-order valence-electron chi connectivity index (χ4n) is 4.84. The van der Waals surface area contributed by atoms with Crippen molar-refractivity contribution in [2.45, 2.75) is 20.1 Å². The van der Waals surface area contributed by atoms with E-state index < -0.39 is 6.23 Å². The minimum absolute atomic E-state index is 0.0477. The molecular formula is C32H33FN8O2. The fraction of sp³-hybridized carbons (Fsp3) is 0.250. The Hall–Kier alpha value is -4.87. The van der Waals surface area contributed by atoms with E-state index in [9.17, 15) is 9.50 Å². The topological polar surface area (TPSA) is 128 Å². The van der Waals surface area contributed by atoms with Crippen LogP contribution in [0.15, 0.2) is 67.4 Å². The summed E-state index contributed by atoms with van der Waals surface area (Å²) in [4.78, 5) is 18.8. The highest BCUT2D eigenvalue weighted by atomic mass is 19.1. The van der Waals surface area contributed by atoms with Gasteiger partial charge in [-0.05, 0) is 55.9 Å². The van der Waals surface area contributed by atoms with Gasteiger partial charge in [-0.15, -0.1) is 0 Å². The van der Waals surface area contributed by atoms with Crippen LogP contribution in [0.2, 0.25) is 0 Å². The number of aromatic amines is 2. The van der Waals surface area contributed by atoms with Crippen LogP contribution in [-0.4, -0.2) is 73.6 Å². The number of nitrogens with zero attached hydrogens (tertiary/aromatic N) is 5. The van der Waals surface area contributed by atoms with Crippen molar-refractivity contribution in [2.24, 2.45) is 5.92 Å². The molecule has 6 aromatic rings. The van der Waals surface area contributed by atoms with Crippen molar-refractivity contribution in [3.05, 3.63) is 73.2 Å². The summed E-state index contributed by atoms with van der Waals surface area (Å²) >= 11 is 0. The lowest BCUT2D eigenvalue weighted by atomic mass is 10.0. The third-order valence-electron chi connectivity index (χ3n) is 7.22. The molecule has 0 saturated carbocycles. The lowest BCUT2D eigenvalue weighted by molar-refractivity contribution is 0.153. The van der Waals surface area contributed by atoms with Crippen LogP contribution in [0, 0.1) is 11.7 Å². The Morgan fingerprint density at radius 2 is 1.74 bits per heavy atom. The molecule has 0 saturated heterocycles. The molecule has 0 aliphatic carbocycles. The average Bonchev–Trinajstić information content (AvgIpc) is 3.60. The zero-order chi connectivity index (χ0) is 30.1. The zero-order valence-corrected chi connectivity index (χ0v) is 24.4. The maximum absolute atomic E-state index is 14.6. The summed E-state index contributed by atoms with van der Waals surface area (Å²) in [6.45, 7) is 5.05. The lowest BCUT2D eigenvalue weighted by Crippen LogP contribution is -2.24. The van der Waals surface area contributed by atoms with E-state index in [0.29, 0.717) is 34.9 Å². The summed E-state index contributed by atoms with van der Waals surface area (Å²) < 4.78 is 20.5. The van der Waals surface area contributed by atoms with Crippen LogP contribution < -0.4 is 10.1 Å². The highest BCUT2D eigenvalue weighted by Crippen LogP contribution is 2.35. The lowest BCUT2D eigenvalue weighted by Gasteiger charge is -2.17. The number of hydrogen-bond acceptors (Lipinski definition) is 8. The summed E-state index contributed by atoms with van der Waals surface area (Å²) in [7, 11) is 3.92. The molecule has 10 nitrogen and oxygen atoms in total. The van der Waals surface area contributed by atoms with Crippen LogP contribution in [0.5, 0.6) is 5.75 Å². The highest BCUT2D eigenvalue weighted by molar-refractivity contribution is 6.00. The Kier molecular flexibility index (Phi) is 7.75. The highest BCUT2D eigenvalue weighted by Gasteiger charge is 2.17. The normalized spacial score (nSPS) is 12.5. The molecule has 1 atom stereocenters. The van der Waals surface area contributed by atoms with Crippen LogP contribution in [0.3, 0.4) is 0 Å². The maximum Gasteiger partial charge on any atom is 0.155 e. The van der Waals surface area contributed by atoms with Gasteiger partial charge in [0.1, 0.15) is 30.1 Å². The Morgan fingerprint density at radius 1 is 0.930 bits per heavy atom. The molecule has 1 unspecified atom stereocenters. The number of aromatic nitrogens is 6. The monoisotopic (exact) mass is 580 g/mol. The van der Waals surface area contributed by atoms with Crippen molar-refractivity contribution in [1.29, 1.82) is 0 Å². The smallest absolute Gasteiger partial charge is 0.155 e. The summed E-state index contributed by atoms with van der Waals surface area (Å²) in [6, 6.07) is 10.6. The minimum Gasteiger partial charge on any atom is -0.492 e. The van der Waals surface area contributed by atoms with Gasteiger partial charge in [-0.2, -0.15) is 5.10 Å². The van der Waals surface area contributed by atoms with E-state index in [2.05, 4.69) is 35.5 Å². The third kappa shape index (κ3) is 6.04. The molecule has 6 rings (SSSR count). The van der Waals surface area contributed by atoms with Crippen molar-refractivity contribution in [1.82, 2.24) is 35.0 Å². The van der Waals surface area contributed by atoms with Gasteiger partial charge in [0.05, 0.1) is 29.3 Å². The molecule has 4 N–H and O–H groups in total. The zero-order valence-electron chi connectivity index (χ0n) is 24.4. The number of hydrogen-bond donors (Lipinski definition) is 4. The van der Waals surface area contributed by atoms with Crippen molar-refractivity contribution >= 4 is 27.6 Å². The molecule has 5 heterocycles. The number of nitrogens with one attached hydrogen (secondary N) is 3. The molecule has 1 aromatic carbocycles. The Bertz CT molecular complexity index is 1900. The quantitative estimate of drug-likeness (QED) is 0.152.